The number of hydrogen-bond donors (Lipinski definition) is 0. The minimum atomic E-state index is -0.173. The van der Waals surface area contributed by atoms with Gasteiger partial charge in [0.05, 0.1) is 24.7 Å². The molecule has 6 rings (SSSR count). The Bertz CT molecular complexity index is 450. The molecule has 0 spiro atoms. The number of amides is 1. The molecule has 0 N–H and O–H groups in total. The monoisotopic (exact) mass is 319 g/mol. The molecule has 23 heavy (non-hydrogen) atoms. The van der Waals surface area contributed by atoms with Gasteiger partial charge in [0.15, 0.2) is 6.29 Å². The third-order valence-corrected chi connectivity index (χ3v) is 7.26. The van der Waals surface area contributed by atoms with E-state index < -0.39 is 0 Å². The van der Waals surface area contributed by atoms with E-state index in [0.29, 0.717) is 19.1 Å². The van der Waals surface area contributed by atoms with Crippen LogP contribution in [0.4, 0.5) is 0 Å². The van der Waals surface area contributed by atoms with E-state index >= 15 is 0 Å². The zero-order valence-electron chi connectivity index (χ0n) is 14.0. The van der Waals surface area contributed by atoms with Crippen molar-refractivity contribution < 1.29 is 14.3 Å². The Balaban J connectivity index is 1.40. The first-order valence-corrected chi connectivity index (χ1v) is 9.78. The fraction of sp³-hybridized carbons (Fsp3) is 0.947. The van der Waals surface area contributed by atoms with Crippen molar-refractivity contribution in [1.29, 1.82) is 0 Å². The topological polar surface area (TPSA) is 38.8 Å². The number of rotatable bonds is 2. The summed E-state index contributed by atoms with van der Waals surface area (Å²) >= 11 is 0. The van der Waals surface area contributed by atoms with Gasteiger partial charge in [0, 0.05) is 6.54 Å². The van der Waals surface area contributed by atoms with Crippen molar-refractivity contribution in [2.75, 3.05) is 19.8 Å². The fourth-order valence-electron chi connectivity index (χ4n) is 6.77. The number of piperidine rings is 1. The number of carbonyl (C=O) groups excluding carboxylic acids is 1. The lowest BCUT2D eigenvalue weighted by atomic mass is 9.49. The van der Waals surface area contributed by atoms with Gasteiger partial charge in [0.25, 0.3) is 0 Å². The Morgan fingerprint density at radius 2 is 1.52 bits per heavy atom. The molecule has 0 radical (unpaired) electrons. The van der Waals surface area contributed by atoms with Crippen LogP contribution in [0.2, 0.25) is 0 Å². The van der Waals surface area contributed by atoms with Gasteiger partial charge in [-0.2, -0.15) is 0 Å². The smallest absolute Gasteiger partial charge is 0.229 e. The summed E-state index contributed by atoms with van der Waals surface area (Å²) in [5.74, 6) is 2.94. The molecule has 128 valence electrons. The van der Waals surface area contributed by atoms with E-state index in [0.717, 1.165) is 56.4 Å². The van der Waals surface area contributed by atoms with Crippen LogP contribution < -0.4 is 0 Å². The van der Waals surface area contributed by atoms with Gasteiger partial charge in [-0.15, -0.1) is 0 Å². The lowest BCUT2D eigenvalue weighted by molar-refractivity contribution is -0.173. The largest absolute Gasteiger partial charge is 0.348 e. The highest BCUT2D eigenvalue weighted by Gasteiger charge is 2.56. The third-order valence-electron chi connectivity index (χ3n) is 7.26. The Morgan fingerprint density at radius 1 is 0.913 bits per heavy atom. The van der Waals surface area contributed by atoms with Gasteiger partial charge >= 0.3 is 0 Å². The van der Waals surface area contributed by atoms with E-state index in [1.54, 1.807) is 0 Å². The molecule has 4 bridgehead atoms. The van der Waals surface area contributed by atoms with E-state index in [4.69, 9.17) is 9.47 Å². The minimum Gasteiger partial charge on any atom is -0.348 e. The molecule has 2 aliphatic heterocycles. The number of carbonyl (C=O) groups is 1. The zero-order valence-corrected chi connectivity index (χ0v) is 14.0. The Hall–Kier alpha value is -0.610. The van der Waals surface area contributed by atoms with Crippen LogP contribution in [0, 0.1) is 23.2 Å². The molecular formula is C19H29NO3. The number of ether oxygens (including phenoxy) is 2. The minimum absolute atomic E-state index is 0.0249. The van der Waals surface area contributed by atoms with Crippen LogP contribution in [0.15, 0.2) is 0 Å². The van der Waals surface area contributed by atoms with E-state index in [-0.39, 0.29) is 17.7 Å². The molecule has 0 unspecified atom stereocenters. The lowest BCUT2D eigenvalue weighted by Gasteiger charge is -2.57. The molecule has 0 aromatic carbocycles. The van der Waals surface area contributed by atoms with Gasteiger partial charge in [0.1, 0.15) is 0 Å². The Morgan fingerprint density at radius 3 is 2.13 bits per heavy atom. The van der Waals surface area contributed by atoms with Crippen molar-refractivity contribution in [3.8, 4) is 0 Å². The number of likely N-dealkylation sites (tertiary alicyclic amines) is 1. The molecule has 1 atom stereocenters. The second-order valence-corrected chi connectivity index (χ2v) is 8.87. The second kappa shape index (κ2) is 5.45. The highest BCUT2D eigenvalue weighted by Crippen LogP contribution is 2.60. The highest BCUT2D eigenvalue weighted by molar-refractivity contribution is 5.83. The van der Waals surface area contributed by atoms with Crippen LogP contribution in [-0.2, 0) is 14.3 Å². The molecular weight excluding hydrogens is 290 g/mol. The SMILES string of the molecule is O=C(N1CCCC[C@H]1C1OCCO1)C12CC3CC(CC(C3)C1)C2. The van der Waals surface area contributed by atoms with Crippen LogP contribution >= 0.6 is 0 Å². The third kappa shape index (κ3) is 2.36. The predicted octanol–water partition coefficient (Wildman–Crippen LogP) is 2.96. The first-order chi connectivity index (χ1) is 11.2. The van der Waals surface area contributed by atoms with Crippen molar-refractivity contribution in [2.45, 2.75) is 70.1 Å². The van der Waals surface area contributed by atoms with E-state index in [2.05, 4.69) is 4.90 Å². The number of hydrogen-bond acceptors (Lipinski definition) is 3. The number of nitrogens with zero attached hydrogens (tertiary/aromatic N) is 1. The van der Waals surface area contributed by atoms with Crippen molar-refractivity contribution in [3.63, 3.8) is 0 Å². The maximum absolute atomic E-state index is 13.6. The fourth-order valence-corrected chi connectivity index (χ4v) is 6.77. The normalized spacial score (nSPS) is 46.5. The van der Waals surface area contributed by atoms with Crippen LogP contribution in [0.5, 0.6) is 0 Å². The summed E-state index contributed by atoms with van der Waals surface area (Å²) in [6, 6.07) is 0.159. The quantitative estimate of drug-likeness (QED) is 0.785. The summed E-state index contributed by atoms with van der Waals surface area (Å²) in [6.45, 7) is 2.27. The van der Waals surface area contributed by atoms with E-state index in [1.165, 1.54) is 25.7 Å². The summed E-state index contributed by atoms with van der Waals surface area (Å²) in [6.07, 6.45) is 10.9. The van der Waals surface area contributed by atoms with Gasteiger partial charge in [-0.25, -0.2) is 0 Å². The zero-order chi connectivity index (χ0) is 15.4. The van der Waals surface area contributed by atoms with Crippen LogP contribution in [0.3, 0.4) is 0 Å². The van der Waals surface area contributed by atoms with Crippen LogP contribution in [0.25, 0.3) is 0 Å². The molecule has 4 nitrogen and oxygen atoms in total. The molecule has 1 amide bonds. The molecule has 2 heterocycles. The standard InChI is InChI=1S/C19H29NO3/c21-18(19-10-13-7-14(11-19)9-15(8-13)12-19)20-4-2-1-3-16(20)17-22-5-6-23-17/h13-17H,1-12H2/t13?,14?,15?,16-,19?/m0/s1. The van der Waals surface area contributed by atoms with Gasteiger partial charge < -0.3 is 14.4 Å². The predicted molar refractivity (Wildman–Crippen MR) is 85.6 cm³/mol. The molecule has 0 aromatic rings. The first kappa shape index (κ1) is 14.7. The summed E-state index contributed by atoms with van der Waals surface area (Å²) in [5, 5.41) is 0. The summed E-state index contributed by atoms with van der Waals surface area (Å²) in [4.78, 5) is 15.8. The van der Waals surface area contributed by atoms with Gasteiger partial charge in [-0.1, -0.05) is 0 Å². The van der Waals surface area contributed by atoms with E-state index in [9.17, 15) is 4.79 Å². The van der Waals surface area contributed by atoms with Gasteiger partial charge in [-0.3, -0.25) is 4.79 Å². The van der Waals surface area contributed by atoms with Crippen molar-refractivity contribution >= 4 is 5.91 Å². The Labute approximate surface area is 138 Å². The second-order valence-electron chi connectivity index (χ2n) is 8.87. The lowest BCUT2D eigenvalue weighted by Crippen LogP contribution is -2.59. The maximum Gasteiger partial charge on any atom is 0.229 e. The maximum atomic E-state index is 13.6. The molecule has 6 aliphatic rings. The van der Waals surface area contributed by atoms with Gasteiger partial charge in [-0.05, 0) is 75.5 Å². The summed E-state index contributed by atoms with van der Waals surface area (Å²) in [5.41, 5.74) is -0.0249. The van der Waals surface area contributed by atoms with Crippen LogP contribution in [0.1, 0.15) is 57.8 Å². The molecule has 2 saturated heterocycles. The summed E-state index contributed by atoms with van der Waals surface area (Å²) < 4.78 is 11.6. The van der Waals surface area contributed by atoms with Crippen LogP contribution in [-0.4, -0.2) is 42.9 Å². The van der Waals surface area contributed by atoms with Crippen molar-refractivity contribution in [3.05, 3.63) is 0 Å². The molecule has 4 aliphatic carbocycles. The average Bonchev–Trinajstić information content (AvgIpc) is 3.07. The van der Waals surface area contributed by atoms with Gasteiger partial charge in [0.2, 0.25) is 5.91 Å². The molecule has 4 saturated carbocycles. The first-order valence-electron chi connectivity index (χ1n) is 9.78. The van der Waals surface area contributed by atoms with Crippen molar-refractivity contribution in [1.82, 2.24) is 4.90 Å². The highest BCUT2D eigenvalue weighted by atomic mass is 16.7. The molecule has 4 heteroatoms. The molecule has 6 fully saturated rings. The summed E-state index contributed by atoms with van der Waals surface area (Å²) in [7, 11) is 0. The molecule has 0 aromatic heterocycles. The average molecular weight is 319 g/mol. The Kier molecular flexibility index (Phi) is 3.49. The van der Waals surface area contributed by atoms with Crippen molar-refractivity contribution in [2.24, 2.45) is 23.2 Å². The van der Waals surface area contributed by atoms with E-state index in [1.807, 2.05) is 0 Å².